The third kappa shape index (κ3) is 4.04. The van der Waals surface area contributed by atoms with Crippen molar-refractivity contribution < 1.29 is 29.1 Å². The Bertz CT molecular complexity index is 745. The van der Waals surface area contributed by atoms with Crippen molar-refractivity contribution in [3.05, 3.63) is 45.1 Å². The van der Waals surface area contributed by atoms with Gasteiger partial charge in [0.2, 0.25) is 0 Å². The molecule has 134 valence electrons. The standard InChI is InChI=1S/C15H17N3O7/c1-8-12(14(20)25-6-5-24-2)13(17-15(21)16-8)9-3-4-11(19)10(7-9)18(22)23/h3-4,7,13,19H,5-6H2,1-2H3,(H2,16,17,21)/p-1/t13-/m1/s1. The lowest BCUT2D eigenvalue weighted by Crippen LogP contribution is -2.45. The van der Waals surface area contributed by atoms with E-state index in [1.54, 1.807) is 0 Å². The molecule has 1 heterocycles. The molecule has 0 aliphatic carbocycles. The normalized spacial score (nSPS) is 16.9. The van der Waals surface area contributed by atoms with Crippen LogP contribution in [0, 0.1) is 10.1 Å². The Morgan fingerprint density at radius 3 is 2.72 bits per heavy atom. The van der Waals surface area contributed by atoms with Gasteiger partial charge in [-0.05, 0) is 18.2 Å². The van der Waals surface area contributed by atoms with E-state index in [9.17, 15) is 24.8 Å². The average Bonchev–Trinajstić information content (AvgIpc) is 2.54. The molecular formula is C15H16N3O7-. The van der Waals surface area contributed by atoms with E-state index >= 15 is 0 Å². The highest BCUT2D eigenvalue weighted by molar-refractivity contribution is 5.95. The Hall–Kier alpha value is -3.14. The summed E-state index contributed by atoms with van der Waals surface area (Å²) >= 11 is 0. The molecule has 0 bridgehead atoms. The lowest BCUT2D eigenvalue weighted by atomic mass is 9.95. The first-order valence-corrected chi connectivity index (χ1v) is 7.24. The number of carbonyl (C=O) groups is 2. The van der Waals surface area contributed by atoms with Gasteiger partial charge in [-0.1, -0.05) is 12.1 Å². The van der Waals surface area contributed by atoms with Crippen LogP contribution >= 0.6 is 0 Å². The quantitative estimate of drug-likeness (QED) is 0.329. The SMILES string of the molecule is COCCOC(=O)C1=C(C)NC(=O)N[C@@H]1c1ccc([O-])c([N+](=O)[O-])c1. The zero-order valence-corrected chi connectivity index (χ0v) is 13.5. The maximum absolute atomic E-state index is 12.3. The fourth-order valence-electron chi connectivity index (χ4n) is 2.37. The molecule has 10 heteroatoms. The van der Waals surface area contributed by atoms with Crippen molar-refractivity contribution in [2.75, 3.05) is 20.3 Å². The van der Waals surface area contributed by atoms with Crippen molar-refractivity contribution in [2.45, 2.75) is 13.0 Å². The number of benzene rings is 1. The second kappa shape index (κ2) is 7.62. The summed E-state index contributed by atoms with van der Waals surface area (Å²) in [5.74, 6) is -1.47. The van der Waals surface area contributed by atoms with E-state index in [0.717, 1.165) is 12.1 Å². The molecule has 10 nitrogen and oxygen atoms in total. The van der Waals surface area contributed by atoms with E-state index in [-0.39, 0.29) is 30.0 Å². The molecule has 2 rings (SSSR count). The fourth-order valence-corrected chi connectivity index (χ4v) is 2.37. The van der Waals surface area contributed by atoms with Crippen LogP contribution in [0.1, 0.15) is 18.5 Å². The second-order valence-electron chi connectivity index (χ2n) is 5.18. The molecular weight excluding hydrogens is 334 g/mol. The van der Waals surface area contributed by atoms with Crippen LogP contribution in [0.15, 0.2) is 29.5 Å². The van der Waals surface area contributed by atoms with E-state index in [1.165, 1.54) is 20.1 Å². The smallest absolute Gasteiger partial charge is 0.338 e. The number of hydrogen-bond donors (Lipinski definition) is 2. The average molecular weight is 350 g/mol. The van der Waals surface area contributed by atoms with Gasteiger partial charge >= 0.3 is 12.0 Å². The Kier molecular flexibility index (Phi) is 5.55. The molecule has 0 fully saturated rings. The molecule has 1 aromatic carbocycles. The number of nitrogens with one attached hydrogen (secondary N) is 2. The number of nitrogens with zero attached hydrogens (tertiary/aromatic N) is 1. The molecule has 0 spiro atoms. The summed E-state index contributed by atoms with van der Waals surface area (Å²) in [6.07, 6.45) is 0. The number of carbonyl (C=O) groups excluding carboxylic acids is 2. The number of urea groups is 1. The second-order valence-corrected chi connectivity index (χ2v) is 5.18. The minimum absolute atomic E-state index is 0.00637. The summed E-state index contributed by atoms with van der Waals surface area (Å²) in [6.45, 7) is 1.71. The Morgan fingerprint density at radius 1 is 1.36 bits per heavy atom. The molecule has 1 aromatic rings. The highest BCUT2D eigenvalue weighted by atomic mass is 16.6. The van der Waals surface area contributed by atoms with E-state index in [1.807, 2.05) is 0 Å². The first-order chi connectivity index (χ1) is 11.8. The van der Waals surface area contributed by atoms with Crippen molar-refractivity contribution in [2.24, 2.45) is 0 Å². The van der Waals surface area contributed by atoms with E-state index in [4.69, 9.17) is 9.47 Å². The van der Waals surface area contributed by atoms with Crippen LogP contribution in [0.4, 0.5) is 10.5 Å². The summed E-state index contributed by atoms with van der Waals surface area (Å²) < 4.78 is 9.87. The van der Waals surface area contributed by atoms with Crippen LogP contribution in [-0.2, 0) is 14.3 Å². The third-order valence-corrected chi connectivity index (χ3v) is 3.52. The number of hydrogen-bond acceptors (Lipinski definition) is 7. The van der Waals surface area contributed by atoms with Gasteiger partial charge in [0.15, 0.2) is 0 Å². The molecule has 0 saturated carbocycles. The van der Waals surface area contributed by atoms with Gasteiger partial charge in [0, 0.05) is 18.9 Å². The minimum atomic E-state index is -0.983. The summed E-state index contributed by atoms with van der Waals surface area (Å²) in [5.41, 5.74) is -0.0807. The Balaban J connectivity index is 2.40. The Labute approximate surface area is 142 Å². The van der Waals surface area contributed by atoms with E-state index in [2.05, 4.69) is 10.6 Å². The lowest BCUT2D eigenvalue weighted by molar-refractivity contribution is -0.398. The van der Waals surface area contributed by atoms with Crippen LogP contribution in [0.25, 0.3) is 0 Å². The van der Waals surface area contributed by atoms with Crippen LogP contribution < -0.4 is 15.7 Å². The van der Waals surface area contributed by atoms with Crippen molar-refractivity contribution in [3.8, 4) is 5.75 Å². The summed E-state index contributed by atoms with van der Waals surface area (Å²) in [4.78, 5) is 34.2. The first-order valence-electron chi connectivity index (χ1n) is 7.24. The van der Waals surface area contributed by atoms with Crippen LogP contribution in [0.2, 0.25) is 0 Å². The van der Waals surface area contributed by atoms with Crippen LogP contribution in [0.3, 0.4) is 0 Å². The number of allylic oxidation sites excluding steroid dienone is 1. The molecule has 0 radical (unpaired) electrons. The summed E-state index contributed by atoms with van der Waals surface area (Å²) in [7, 11) is 1.45. The molecule has 2 N–H and O–H groups in total. The van der Waals surface area contributed by atoms with Gasteiger partial charge in [-0.3, -0.25) is 10.1 Å². The number of methoxy groups -OCH3 is 1. The van der Waals surface area contributed by atoms with Gasteiger partial charge < -0.3 is 25.2 Å². The van der Waals surface area contributed by atoms with Gasteiger partial charge in [0.25, 0.3) is 5.69 Å². The van der Waals surface area contributed by atoms with Gasteiger partial charge in [-0.15, -0.1) is 0 Å². The molecule has 2 amide bonds. The van der Waals surface area contributed by atoms with Crippen molar-refractivity contribution >= 4 is 17.7 Å². The predicted octanol–water partition coefficient (Wildman–Crippen LogP) is 0.486. The number of nitro benzene ring substituents is 1. The van der Waals surface area contributed by atoms with E-state index in [0.29, 0.717) is 0 Å². The lowest BCUT2D eigenvalue weighted by Gasteiger charge is -2.28. The van der Waals surface area contributed by atoms with Gasteiger partial charge in [-0.2, -0.15) is 0 Å². The number of rotatable bonds is 6. The van der Waals surface area contributed by atoms with Gasteiger partial charge in [0.05, 0.1) is 23.1 Å². The number of nitro groups is 1. The number of ether oxygens (including phenoxy) is 2. The first kappa shape index (κ1) is 18.2. The molecule has 1 aliphatic heterocycles. The van der Waals surface area contributed by atoms with Gasteiger partial charge in [0.1, 0.15) is 6.61 Å². The van der Waals surface area contributed by atoms with Crippen LogP contribution in [0.5, 0.6) is 5.75 Å². The number of amides is 2. The van der Waals surface area contributed by atoms with Crippen LogP contribution in [-0.4, -0.2) is 37.2 Å². The van der Waals surface area contributed by atoms with Crippen molar-refractivity contribution in [3.63, 3.8) is 0 Å². The zero-order valence-electron chi connectivity index (χ0n) is 13.5. The molecule has 25 heavy (non-hydrogen) atoms. The largest absolute Gasteiger partial charge is 0.868 e. The zero-order chi connectivity index (χ0) is 18.6. The molecule has 1 atom stereocenters. The maximum Gasteiger partial charge on any atom is 0.338 e. The van der Waals surface area contributed by atoms with E-state index < -0.39 is 34.4 Å². The molecule has 1 aliphatic rings. The highest BCUT2D eigenvalue weighted by Crippen LogP contribution is 2.32. The van der Waals surface area contributed by atoms with Crippen molar-refractivity contribution in [1.82, 2.24) is 10.6 Å². The summed E-state index contributed by atoms with van der Waals surface area (Å²) in [5, 5.41) is 27.5. The molecule has 0 aromatic heterocycles. The topological polar surface area (TPSA) is 143 Å². The maximum atomic E-state index is 12.3. The summed E-state index contributed by atoms with van der Waals surface area (Å²) in [6, 6.07) is 1.81. The fraction of sp³-hybridized carbons (Fsp3) is 0.333. The third-order valence-electron chi connectivity index (χ3n) is 3.52. The number of esters is 1. The van der Waals surface area contributed by atoms with Crippen molar-refractivity contribution in [1.29, 1.82) is 0 Å². The monoisotopic (exact) mass is 350 g/mol. The molecule has 0 unspecified atom stereocenters. The molecule has 0 saturated heterocycles. The minimum Gasteiger partial charge on any atom is -0.868 e. The predicted molar refractivity (Wildman–Crippen MR) is 82.5 cm³/mol. The highest BCUT2D eigenvalue weighted by Gasteiger charge is 2.33. The Morgan fingerprint density at radius 2 is 2.08 bits per heavy atom. The van der Waals surface area contributed by atoms with Gasteiger partial charge in [-0.25, -0.2) is 9.59 Å².